The van der Waals surface area contributed by atoms with Crippen LogP contribution >= 0.6 is 0 Å². The number of rotatable bonds is 3. The number of piperazine rings is 1. The summed E-state index contributed by atoms with van der Waals surface area (Å²) in [6.45, 7) is 1.43. The molecule has 2 aliphatic rings. The smallest absolute Gasteiger partial charge is 0.246 e. The highest BCUT2D eigenvalue weighted by atomic mass is 32.2. The van der Waals surface area contributed by atoms with E-state index >= 15 is 0 Å². The minimum absolute atomic E-state index is 0.00646. The van der Waals surface area contributed by atoms with E-state index in [1.54, 1.807) is 4.90 Å². The number of amides is 1. The van der Waals surface area contributed by atoms with Gasteiger partial charge in [0.1, 0.15) is 10.7 Å². The lowest BCUT2D eigenvalue weighted by Gasteiger charge is -2.40. The van der Waals surface area contributed by atoms with E-state index in [2.05, 4.69) is 5.32 Å². The molecule has 0 spiro atoms. The topological polar surface area (TPSA) is 69.7 Å². The zero-order chi connectivity index (χ0) is 18.2. The Balaban J connectivity index is 1.85. The first kappa shape index (κ1) is 18.2. The van der Waals surface area contributed by atoms with Crippen LogP contribution in [-0.4, -0.2) is 62.3 Å². The first-order valence-electron chi connectivity index (χ1n) is 7.95. The fourth-order valence-corrected chi connectivity index (χ4v) is 4.82. The molecule has 2 aliphatic heterocycles. The lowest BCUT2D eigenvalue weighted by Crippen LogP contribution is -2.57. The van der Waals surface area contributed by atoms with Crippen molar-refractivity contribution in [2.24, 2.45) is 0 Å². The average molecular weight is 377 g/mol. The van der Waals surface area contributed by atoms with Crippen LogP contribution in [0.4, 0.5) is 13.2 Å². The molecular formula is C15H18F3N3O3S. The van der Waals surface area contributed by atoms with E-state index in [-0.39, 0.29) is 37.6 Å². The summed E-state index contributed by atoms with van der Waals surface area (Å²) in [4.78, 5) is 12.7. The number of carbonyl (C=O) groups is 1. The van der Waals surface area contributed by atoms with Crippen molar-refractivity contribution in [3.05, 3.63) is 29.6 Å². The SMILES string of the molecule is O=C1CNCCN1C1CCCN(S(=O)(=O)c2cc(F)c(F)cc2F)C1. The molecule has 2 fully saturated rings. The van der Waals surface area contributed by atoms with Crippen LogP contribution in [0.5, 0.6) is 0 Å². The van der Waals surface area contributed by atoms with Crippen LogP contribution in [0.25, 0.3) is 0 Å². The summed E-state index contributed by atoms with van der Waals surface area (Å²) in [7, 11) is -4.32. The lowest BCUT2D eigenvalue weighted by atomic mass is 10.1. The van der Waals surface area contributed by atoms with Gasteiger partial charge < -0.3 is 10.2 Å². The van der Waals surface area contributed by atoms with Crippen molar-refractivity contribution in [2.75, 3.05) is 32.7 Å². The molecule has 1 N–H and O–H groups in total. The number of sulfonamides is 1. The monoisotopic (exact) mass is 377 g/mol. The number of halogens is 3. The predicted molar refractivity (Wildman–Crippen MR) is 82.7 cm³/mol. The van der Waals surface area contributed by atoms with Crippen LogP contribution in [0.1, 0.15) is 12.8 Å². The molecule has 138 valence electrons. The summed E-state index contributed by atoms with van der Waals surface area (Å²) in [5.41, 5.74) is 0. The first-order chi connectivity index (χ1) is 11.8. The second kappa shape index (κ2) is 6.93. The summed E-state index contributed by atoms with van der Waals surface area (Å²) in [6, 6.07) is 0.273. The van der Waals surface area contributed by atoms with Gasteiger partial charge >= 0.3 is 0 Å². The molecule has 3 rings (SSSR count). The van der Waals surface area contributed by atoms with Crippen LogP contribution < -0.4 is 5.32 Å². The molecule has 2 saturated heterocycles. The van der Waals surface area contributed by atoms with Crippen molar-refractivity contribution in [3.8, 4) is 0 Å². The van der Waals surface area contributed by atoms with E-state index in [1.165, 1.54) is 0 Å². The Bertz CT molecular complexity index is 788. The second-order valence-corrected chi connectivity index (χ2v) is 8.03. The van der Waals surface area contributed by atoms with Crippen molar-refractivity contribution in [2.45, 2.75) is 23.8 Å². The Morgan fingerprint density at radius 3 is 2.52 bits per heavy atom. The third-order valence-corrected chi connectivity index (χ3v) is 6.40. The maximum absolute atomic E-state index is 13.9. The van der Waals surface area contributed by atoms with E-state index in [1.807, 2.05) is 0 Å². The van der Waals surface area contributed by atoms with E-state index in [9.17, 15) is 26.4 Å². The molecule has 0 aromatic heterocycles. The molecule has 0 aliphatic carbocycles. The number of nitrogens with zero attached hydrogens (tertiary/aromatic N) is 2. The summed E-state index contributed by atoms with van der Waals surface area (Å²) in [5, 5.41) is 2.94. The van der Waals surface area contributed by atoms with E-state index in [0.717, 1.165) is 4.31 Å². The molecule has 1 aromatic rings. The Hall–Kier alpha value is -1.65. The van der Waals surface area contributed by atoms with Crippen molar-refractivity contribution < 1.29 is 26.4 Å². The molecule has 2 heterocycles. The van der Waals surface area contributed by atoms with Crippen molar-refractivity contribution >= 4 is 15.9 Å². The number of carbonyl (C=O) groups excluding carboxylic acids is 1. The van der Waals surface area contributed by atoms with E-state index in [0.29, 0.717) is 32.0 Å². The number of hydrogen-bond donors (Lipinski definition) is 1. The van der Waals surface area contributed by atoms with Gasteiger partial charge in [-0.25, -0.2) is 21.6 Å². The maximum Gasteiger partial charge on any atom is 0.246 e. The molecular weight excluding hydrogens is 359 g/mol. The summed E-state index contributed by atoms with van der Waals surface area (Å²) >= 11 is 0. The van der Waals surface area contributed by atoms with E-state index in [4.69, 9.17) is 0 Å². The molecule has 0 bridgehead atoms. The van der Waals surface area contributed by atoms with Gasteiger partial charge in [0, 0.05) is 38.3 Å². The van der Waals surface area contributed by atoms with Crippen LogP contribution in [0, 0.1) is 17.5 Å². The fraction of sp³-hybridized carbons (Fsp3) is 0.533. The molecule has 0 radical (unpaired) electrons. The van der Waals surface area contributed by atoms with Crippen LogP contribution in [-0.2, 0) is 14.8 Å². The number of hydrogen-bond acceptors (Lipinski definition) is 4. The molecule has 1 aromatic carbocycles. The summed E-state index contributed by atoms with van der Waals surface area (Å²) < 4.78 is 66.7. The lowest BCUT2D eigenvalue weighted by molar-refractivity contribution is -0.135. The van der Waals surface area contributed by atoms with Crippen molar-refractivity contribution in [3.63, 3.8) is 0 Å². The van der Waals surface area contributed by atoms with Gasteiger partial charge in [-0.05, 0) is 18.9 Å². The minimum Gasteiger partial charge on any atom is -0.336 e. The van der Waals surface area contributed by atoms with Gasteiger partial charge in [0.2, 0.25) is 15.9 Å². The molecule has 10 heteroatoms. The Morgan fingerprint density at radius 1 is 1.08 bits per heavy atom. The zero-order valence-electron chi connectivity index (χ0n) is 13.3. The standard InChI is InChI=1S/C15H18F3N3O3S/c16-11-6-13(18)14(7-12(11)17)25(23,24)20-4-1-2-10(9-20)21-5-3-19-8-15(21)22/h6-7,10,19H,1-5,8-9H2. The second-order valence-electron chi connectivity index (χ2n) is 6.12. The third-order valence-electron chi connectivity index (χ3n) is 4.52. The highest BCUT2D eigenvalue weighted by Crippen LogP contribution is 2.26. The molecule has 6 nitrogen and oxygen atoms in total. The van der Waals surface area contributed by atoms with Crippen LogP contribution in [0.15, 0.2) is 17.0 Å². The van der Waals surface area contributed by atoms with E-state index < -0.39 is 32.4 Å². The number of piperidine rings is 1. The minimum atomic E-state index is -4.32. The van der Waals surface area contributed by atoms with Gasteiger partial charge in [-0.2, -0.15) is 4.31 Å². The normalized spacial score (nSPS) is 23.1. The van der Waals surface area contributed by atoms with Gasteiger partial charge in [-0.1, -0.05) is 0 Å². The summed E-state index contributed by atoms with van der Waals surface area (Å²) in [6.07, 6.45) is 1.13. The molecule has 0 saturated carbocycles. The number of nitrogens with one attached hydrogen (secondary N) is 1. The van der Waals surface area contributed by atoms with Gasteiger partial charge in [0.25, 0.3) is 0 Å². The van der Waals surface area contributed by atoms with Crippen LogP contribution in [0.2, 0.25) is 0 Å². The molecule has 25 heavy (non-hydrogen) atoms. The largest absolute Gasteiger partial charge is 0.336 e. The average Bonchev–Trinajstić information content (AvgIpc) is 2.58. The zero-order valence-corrected chi connectivity index (χ0v) is 14.2. The predicted octanol–water partition coefficient (Wildman–Crippen LogP) is 0.689. The number of benzene rings is 1. The molecule has 1 unspecified atom stereocenters. The molecule has 1 amide bonds. The Kier molecular flexibility index (Phi) is 5.03. The summed E-state index contributed by atoms with van der Waals surface area (Å²) in [5.74, 6) is -4.32. The van der Waals surface area contributed by atoms with Gasteiger partial charge in [0.15, 0.2) is 11.6 Å². The van der Waals surface area contributed by atoms with Crippen molar-refractivity contribution in [1.29, 1.82) is 0 Å². The van der Waals surface area contributed by atoms with Gasteiger partial charge in [0.05, 0.1) is 6.54 Å². The first-order valence-corrected chi connectivity index (χ1v) is 9.39. The molecule has 1 atom stereocenters. The maximum atomic E-state index is 13.9. The fourth-order valence-electron chi connectivity index (χ4n) is 3.24. The van der Waals surface area contributed by atoms with Crippen LogP contribution in [0.3, 0.4) is 0 Å². The Labute approximate surface area is 143 Å². The van der Waals surface area contributed by atoms with Gasteiger partial charge in [-0.15, -0.1) is 0 Å². The van der Waals surface area contributed by atoms with Crippen molar-refractivity contribution in [1.82, 2.24) is 14.5 Å². The van der Waals surface area contributed by atoms with Gasteiger partial charge in [-0.3, -0.25) is 4.79 Å². The Morgan fingerprint density at radius 2 is 1.80 bits per heavy atom. The highest BCUT2D eigenvalue weighted by molar-refractivity contribution is 7.89. The quantitative estimate of drug-likeness (QED) is 0.787. The third kappa shape index (κ3) is 3.51. The highest BCUT2D eigenvalue weighted by Gasteiger charge is 2.36.